The first-order valence-electron chi connectivity index (χ1n) is 12.7. The summed E-state index contributed by atoms with van der Waals surface area (Å²) in [6.45, 7) is 7.19. The van der Waals surface area contributed by atoms with Crippen molar-refractivity contribution in [3.63, 3.8) is 0 Å². The van der Waals surface area contributed by atoms with Gasteiger partial charge in [0.05, 0.1) is 11.4 Å². The smallest absolute Gasteiger partial charge is 0.410 e. The molecule has 1 saturated carbocycles. The standard InChI is InChI=1S/C27H33N7O2/c1-26(2,3)36-25(35)33-11-9-27(10-12-33)13-17(14-27)34-24-21(23(28)29-16-30-24)22(31-34)19-15-32(4)20-8-6-5-7-18(19)20/h5-8,15-17H,9-14H2,1-4H3,(H2,28,29,30). The minimum atomic E-state index is -0.472. The minimum absolute atomic E-state index is 0.210. The van der Waals surface area contributed by atoms with Crippen LogP contribution < -0.4 is 5.73 Å². The molecule has 0 atom stereocenters. The molecule has 1 aliphatic carbocycles. The zero-order valence-electron chi connectivity index (χ0n) is 21.4. The van der Waals surface area contributed by atoms with Crippen LogP contribution in [0.1, 0.15) is 52.5 Å². The second-order valence-electron chi connectivity index (χ2n) is 11.5. The van der Waals surface area contributed by atoms with Gasteiger partial charge >= 0.3 is 6.09 Å². The number of aromatic nitrogens is 5. The number of hydrogen-bond donors (Lipinski definition) is 1. The van der Waals surface area contributed by atoms with E-state index in [1.54, 1.807) is 0 Å². The van der Waals surface area contributed by atoms with Crippen molar-refractivity contribution in [1.82, 2.24) is 29.2 Å². The summed E-state index contributed by atoms with van der Waals surface area (Å²) in [4.78, 5) is 23.2. The highest BCUT2D eigenvalue weighted by Gasteiger charge is 2.48. The highest BCUT2D eigenvalue weighted by Crippen LogP contribution is 2.55. The Labute approximate surface area is 210 Å². The molecule has 2 aliphatic rings. The fourth-order valence-corrected chi connectivity index (χ4v) is 5.98. The van der Waals surface area contributed by atoms with Gasteiger partial charge in [-0.25, -0.2) is 19.4 Å². The van der Waals surface area contributed by atoms with E-state index in [4.69, 9.17) is 15.6 Å². The van der Waals surface area contributed by atoms with Gasteiger partial charge in [0, 0.05) is 42.8 Å². The number of amides is 1. The molecule has 0 unspecified atom stereocenters. The number of nitrogens with zero attached hydrogens (tertiary/aromatic N) is 6. The molecule has 1 aliphatic heterocycles. The second-order valence-corrected chi connectivity index (χ2v) is 11.5. The molecule has 1 spiro atoms. The maximum Gasteiger partial charge on any atom is 0.410 e. The molecule has 9 nitrogen and oxygen atoms in total. The molecule has 188 valence electrons. The summed E-state index contributed by atoms with van der Waals surface area (Å²) in [5.41, 5.74) is 9.95. The van der Waals surface area contributed by atoms with Gasteiger partial charge in [-0.2, -0.15) is 5.10 Å². The number of likely N-dealkylation sites (tertiary alicyclic amines) is 1. The predicted octanol–water partition coefficient (Wildman–Crippen LogP) is 4.92. The Morgan fingerprint density at radius 1 is 1.14 bits per heavy atom. The van der Waals surface area contributed by atoms with Crippen molar-refractivity contribution in [2.75, 3.05) is 18.8 Å². The first kappa shape index (κ1) is 22.8. The average Bonchev–Trinajstić information content (AvgIpc) is 3.35. The molecular formula is C27H33N7O2. The van der Waals surface area contributed by atoms with Crippen LogP contribution in [0.2, 0.25) is 0 Å². The Morgan fingerprint density at radius 2 is 1.86 bits per heavy atom. The van der Waals surface area contributed by atoms with Crippen LogP contribution in [0.25, 0.3) is 33.2 Å². The van der Waals surface area contributed by atoms with Gasteiger partial charge in [-0.05, 0) is 57.9 Å². The van der Waals surface area contributed by atoms with Crippen LogP contribution in [0.4, 0.5) is 10.6 Å². The van der Waals surface area contributed by atoms with Crippen LogP contribution >= 0.6 is 0 Å². The van der Waals surface area contributed by atoms with E-state index in [0.29, 0.717) is 5.82 Å². The lowest BCUT2D eigenvalue weighted by Gasteiger charge is -2.52. The summed E-state index contributed by atoms with van der Waals surface area (Å²) in [7, 11) is 2.05. The zero-order valence-corrected chi connectivity index (χ0v) is 21.4. The van der Waals surface area contributed by atoms with Gasteiger partial charge in [-0.1, -0.05) is 18.2 Å². The monoisotopic (exact) mass is 487 g/mol. The fraction of sp³-hybridized carbons (Fsp3) is 0.481. The molecule has 1 aromatic carbocycles. The van der Waals surface area contributed by atoms with Gasteiger partial charge in [-0.15, -0.1) is 0 Å². The van der Waals surface area contributed by atoms with Gasteiger partial charge in [-0.3, -0.25) is 0 Å². The summed E-state index contributed by atoms with van der Waals surface area (Å²) in [5.74, 6) is 0.453. The molecular weight excluding hydrogens is 454 g/mol. The zero-order chi connectivity index (χ0) is 25.2. The number of para-hydroxylation sites is 1. The fourth-order valence-electron chi connectivity index (χ4n) is 5.98. The number of rotatable bonds is 2. The third-order valence-electron chi connectivity index (χ3n) is 7.83. The molecule has 2 N–H and O–H groups in total. The molecule has 0 radical (unpaired) electrons. The lowest BCUT2D eigenvalue weighted by molar-refractivity contribution is -0.0249. The Bertz CT molecular complexity index is 1460. The number of carbonyl (C=O) groups excluding carboxylic acids is 1. The molecule has 0 bridgehead atoms. The third kappa shape index (κ3) is 3.68. The summed E-state index contributed by atoms with van der Waals surface area (Å²) < 4.78 is 9.75. The Morgan fingerprint density at radius 3 is 2.58 bits per heavy atom. The van der Waals surface area contributed by atoms with Crippen LogP contribution in [-0.2, 0) is 11.8 Å². The largest absolute Gasteiger partial charge is 0.444 e. The first-order chi connectivity index (χ1) is 17.1. The predicted molar refractivity (Wildman–Crippen MR) is 139 cm³/mol. The van der Waals surface area contributed by atoms with Crippen molar-refractivity contribution in [1.29, 1.82) is 0 Å². The average molecular weight is 488 g/mol. The highest BCUT2D eigenvalue weighted by atomic mass is 16.6. The summed E-state index contributed by atoms with van der Waals surface area (Å²) in [6.07, 6.45) is 7.42. The van der Waals surface area contributed by atoms with Crippen LogP contribution in [0.5, 0.6) is 0 Å². The van der Waals surface area contributed by atoms with Gasteiger partial charge in [0.15, 0.2) is 5.65 Å². The van der Waals surface area contributed by atoms with Crippen molar-refractivity contribution in [3.05, 3.63) is 36.8 Å². The number of ether oxygens (including phenoxy) is 1. The number of nitrogen functional groups attached to an aromatic ring is 1. The van der Waals surface area contributed by atoms with Crippen molar-refractivity contribution in [3.8, 4) is 11.3 Å². The summed E-state index contributed by atoms with van der Waals surface area (Å²) in [6, 6.07) is 8.56. The number of fused-ring (bicyclic) bond motifs is 2. The van der Waals surface area contributed by atoms with Gasteiger partial charge < -0.3 is 19.9 Å². The SMILES string of the molecule is Cn1cc(-c2nn(C3CC4(CCN(C(=O)OC(C)(C)C)CC4)C3)c3ncnc(N)c23)c2ccccc21. The molecule has 4 heterocycles. The molecule has 2 fully saturated rings. The van der Waals surface area contributed by atoms with Gasteiger partial charge in [0.25, 0.3) is 0 Å². The number of nitrogens with two attached hydrogens (primary N) is 1. The van der Waals surface area contributed by atoms with Crippen molar-refractivity contribution in [2.24, 2.45) is 12.5 Å². The summed E-state index contributed by atoms with van der Waals surface area (Å²) in [5, 5.41) is 7.05. The van der Waals surface area contributed by atoms with Gasteiger partial charge in [0.1, 0.15) is 23.4 Å². The van der Waals surface area contributed by atoms with E-state index in [1.807, 2.05) is 44.9 Å². The minimum Gasteiger partial charge on any atom is -0.444 e. The first-order valence-corrected chi connectivity index (χ1v) is 12.7. The number of carbonyl (C=O) groups is 1. The van der Waals surface area contributed by atoms with Crippen LogP contribution in [-0.4, -0.2) is 54.0 Å². The number of aryl methyl sites for hydroxylation is 1. The van der Waals surface area contributed by atoms with E-state index in [2.05, 4.69) is 37.5 Å². The Kier molecular flexibility index (Phi) is 5.04. The Balaban J connectivity index is 1.27. The molecule has 4 aromatic rings. The number of benzene rings is 1. The number of hydrogen-bond acceptors (Lipinski definition) is 6. The number of anilines is 1. The quantitative estimate of drug-likeness (QED) is 0.430. The van der Waals surface area contributed by atoms with Crippen LogP contribution in [0.15, 0.2) is 36.8 Å². The van der Waals surface area contributed by atoms with E-state index >= 15 is 0 Å². The Hall–Kier alpha value is -3.62. The topological polar surface area (TPSA) is 104 Å². The lowest BCUT2D eigenvalue weighted by Crippen LogP contribution is -2.50. The van der Waals surface area contributed by atoms with Crippen LogP contribution in [0.3, 0.4) is 0 Å². The highest BCUT2D eigenvalue weighted by molar-refractivity contribution is 6.05. The van der Waals surface area contributed by atoms with E-state index in [0.717, 1.165) is 72.0 Å². The van der Waals surface area contributed by atoms with Crippen molar-refractivity contribution >= 4 is 33.8 Å². The lowest BCUT2D eigenvalue weighted by atomic mass is 9.60. The van der Waals surface area contributed by atoms with E-state index < -0.39 is 5.60 Å². The normalized spacial score (nSPS) is 18.2. The maximum absolute atomic E-state index is 12.5. The van der Waals surface area contributed by atoms with Gasteiger partial charge in [0.2, 0.25) is 0 Å². The number of piperidine rings is 1. The van der Waals surface area contributed by atoms with E-state index in [1.165, 1.54) is 6.33 Å². The third-order valence-corrected chi connectivity index (χ3v) is 7.83. The van der Waals surface area contributed by atoms with Crippen molar-refractivity contribution in [2.45, 2.75) is 58.1 Å². The van der Waals surface area contributed by atoms with E-state index in [-0.39, 0.29) is 17.6 Å². The van der Waals surface area contributed by atoms with Crippen molar-refractivity contribution < 1.29 is 9.53 Å². The second kappa shape index (κ2) is 7.94. The molecule has 1 amide bonds. The maximum atomic E-state index is 12.5. The molecule has 3 aromatic heterocycles. The van der Waals surface area contributed by atoms with Crippen LogP contribution in [0, 0.1) is 5.41 Å². The summed E-state index contributed by atoms with van der Waals surface area (Å²) >= 11 is 0. The molecule has 6 rings (SSSR count). The molecule has 1 saturated heterocycles. The van der Waals surface area contributed by atoms with E-state index in [9.17, 15) is 4.79 Å². The molecule has 9 heteroatoms. The molecule has 36 heavy (non-hydrogen) atoms.